The number of urea groups is 1. The second-order valence-corrected chi connectivity index (χ2v) is 8.77. The summed E-state index contributed by atoms with van der Waals surface area (Å²) in [7, 11) is 1.68. The number of hydrogen-bond donors (Lipinski definition) is 4. The minimum Gasteiger partial charge on any atom is -0.341 e. The number of H-pyrrole nitrogens is 1. The lowest BCUT2D eigenvalue weighted by Gasteiger charge is -2.36. The molecule has 1 aliphatic rings. The largest absolute Gasteiger partial charge is 0.341 e. The molecular formula is C23H29ClN8O. The van der Waals surface area contributed by atoms with Crippen LogP contribution in [0.25, 0.3) is 0 Å². The highest BCUT2D eigenvalue weighted by Crippen LogP contribution is 2.35. The zero-order valence-electron chi connectivity index (χ0n) is 19.3. The van der Waals surface area contributed by atoms with Gasteiger partial charge in [0, 0.05) is 31.0 Å². The molecule has 4 N–H and O–H groups in total. The zero-order valence-corrected chi connectivity index (χ0v) is 20.0. The van der Waals surface area contributed by atoms with Crippen molar-refractivity contribution < 1.29 is 4.79 Å². The molecule has 0 saturated carbocycles. The monoisotopic (exact) mass is 468 g/mol. The van der Waals surface area contributed by atoms with Crippen molar-refractivity contribution in [2.24, 2.45) is 0 Å². The van der Waals surface area contributed by atoms with Gasteiger partial charge in [-0.15, -0.1) is 0 Å². The van der Waals surface area contributed by atoms with Gasteiger partial charge in [0.1, 0.15) is 5.02 Å². The minimum atomic E-state index is -0.0272. The second kappa shape index (κ2) is 9.66. The molecular weight excluding hydrogens is 440 g/mol. The molecule has 1 aromatic carbocycles. The molecule has 174 valence electrons. The van der Waals surface area contributed by atoms with Crippen molar-refractivity contribution in [1.29, 1.82) is 0 Å². The number of amides is 2. The van der Waals surface area contributed by atoms with Crippen molar-refractivity contribution in [3.05, 3.63) is 51.8 Å². The minimum absolute atomic E-state index is 0.0272. The summed E-state index contributed by atoms with van der Waals surface area (Å²) in [6, 6.07) is 6.16. The number of halogens is 1. The summed E-state index contributed by atoms with van der Waals surface area (Å²) in [5.74, 6) is 1.52. The van der Waals surface area contributed by atoms with Crippen molar-refractivity contribution in [2.75, 3.05) is 24.2 Å². The van der Waals surface area contributed by atoms with Gasteiger partial charge < -0.3 is 20.9 Å². The van der Waals surface area contributed by atoms with Crippen LogP contribution >= 0.6 is 11.6 Å². The van der Waals surface area contributed by atoms with Gasteiger partial charge in [-0.1, -0.05) is 17.7 Å². The van der Waals surface area contributed by atoms with Gasteiger partial charge in [-0.05, 0) is 62.8 Å². The Balaban J connectivity index is 1.57. The maximum absolute atomic E-state index is 12.4. The number of nitrogens with one attached hydrogen (secondary N) is 4. The van der Waals surface area contributed by atoms with Gasteiger partial charge in [0.05, 0.1) is 12.2 Å². The summed E-state index contributed by atoms with van der Waals surface area (Å²) in [5, 5.41) is 16.6. The Labute approximate surface area is 198 Å². The third-order valence-corrected chi connectivity index (χ3v) is 6.17. The highest BCUT2D eigenvalue weighted by molar-refractivity contribution is 6.32. The molecule has 0 aliphatic carbocycles. The first-order valence-electron chi connectivity index (χ1n) is 11.0. The molecule has 33 heavy (non-hydrogen) atoms. The Bertz CT molecular complexity index is 1160. The molecule has 4 rings (SSSR count). The van der Waals surface area contributed by atoms with Crippen molar-refractivity contribution >= 4 is 40.9 Å². The lowest BCUT2D eigenvalue weighted by molar-refractivity contribution is 0.153. The maximum atomic E-state index is 12.4. The SMILES string of the molecule is CNC(=O)N1CCCCC1c1cc(C)c(Nc2ncc(Cl)c(Nc3cc(C)[nH]n3)n2)cc1C. The Kier molecular flexibility index (Phi) is 6.69. The van der Waals surface area contributed by atoms with Crippen LogP contribution in [0.1, 0.15) is 47.7 Å². The molecule has 0 bridgehead atoms. The number of nitrogens with zero attached hydrogens (tertiary/aromatic N) is 4. The van der Waals surface area contributed by atoms with Crippen molar-refractivity contribution in [2.45, 2.75) is 46.1 Å². The van der Waals surface area contributed by atoms with Crippen LogP contribution in [0.5, 0.6) is 0 Å². The van der Waals surface area contributed by atoms with Crippen molar-refractivity contribution in [1.82, 2.24) is 30.4 Å². The zero-order chi connectivity index (χ0) is 23.5. The lowest BCUT2D eigenvalue weighted by Crippen LogP contribution is -2.43. The molecule has 0 spiro atoms. The van der Waals surface area contributed by atoms with E-state index in [1.807, 2.05) is 24.8 Å². The number of carbonyl (C=O) groups excluding carboxylic acids is 1. The quantitative estimate of drug-likeness (QED) is 0.413. The van der Waals surface area contributed by atoms with E-state index < -0.39 is 0 Å². The summed E-state index contributed by atoms with van der Waals surface area (Å²) in [4.78, 5) is 23.2. The maximum Gasteiger partial charge on any atom is 0.317 e. The first-order valence-corrected chi connectivity index (χ1v) is 11.4. The van der Waals surface area contributed by atoms with E-state index >= 15 is 0 Å². The number of rotatable bonds is 5. The molecule has 2 amide bonds. The fourth-order valence-electron chi connectivity index (χ4n) is 4.21. The van der Waals surface area contributed by atoms with Crippen LogP contribution in [0.15, 0.2) is 24.4 Å². The molecule has 1 atom stereocenters. The number of aromatic nitrogens is 4. The van der Waals surface area contributed by atoms with Gasteiger partial charge in [-0.3, -0.25) is 5.10 Å². The molecule has 1 unspecified atom stereocenters. The standard InChI is InChI=1S/C23H29ClN8O/c1-13-10-18(14(2)9-16(13)19-7-5-6-8-32(19)23(33)25-4)27-22-26-12-17(24)21(29-22)28-20-11-15(3)30-31-20/h9-12,19H,5-8H2,1-4H3,(H,25,33)(H3,26,27,28,29,30,31). The number of piperidine rings is 1. The van der Waals surface area contributed by atoms with Gasteiger partial charge in [0.25, 0.3) is 0 Å². The predicted molar refractivity (Wildman–Crippen MR) is 131 cm³/mol. The van der Waals surface area contributed by atoms with Crippen LogP contribution in [0.2, 0.25) is 5.02 Å². The van der Waals surface area contributed by atoms with Crippen LogP contribution in [0.3, 0.4) is 0 Å². The van der Waals surface area contributed by atoms with Crippen LogP contribution < -0.4 is 16.0 Å². The molecule has 1 fully saturated rings. The highest BCUT2D eigenvalue weighted by atomic mass is 35.5. The summed E-state index contributed by atoms with van der Waals surface area (Å²) >= 11 is 6.28. The van der Waals surface area contributed by atoms with E-state index in [2.05, 4.69) is 55.2 Å². The van der Waals surface area contributed by atoms with E-state index in [0.29, 0.717) is 22.6 Å². The van der Waals surface area contributed by atoms with Gasteiger partial charge >= 0.3 is 6.03 Å². The molecule has 1 aliphatic heterocycles. The van der Waals surface area contributed by atoms with Crippen LogP contribution in [-0.4, -0.2) is 44.7 Å². The molecule has 2 aromatic heterocycles. The average molecular weight is 469 g/mol. The van der Waals surface area contributed by atoms with Gasteiger partial charge in [0.2, 0.25) is 5.95 Å². The first-order chi connectivity index (χ1) is 15.9. The summed E-state index contributed by atoms with van der Waals surface area (Å²) in [5.41, 5.74) is 5.18. The number of aryl methyl sites for hydroxylation is 3. The lowest BCUT2D eigenvalue weighted by atomic mass is 9.90. The number of hydrogen-bond acceptors (Lipinski definition) is 6. The Morgan fingerprint density at radius 3 is 2.70 bits per heavy atom. The average Bonchev–Trinajstić information content (AvgIpc) is 3.22. The Morgan fingerprint density at radius 1 is 1.15 bits per heavy atom. The molecule has 3 heterocycles. The fourth-order valence-corrected chi connectivity index (χ4v) is 4.35. The van der Waals surface area contributed by atoms with Crippen molar-refractivity contribution in [3.63, 3.8) is 0 Å². The normalized spacial score (nSPS) is 15.9. The Hall–Kier alpha value is -3.33. The summed E-state index contributed by atoms with van der Waals surface area (Å²) in [6.07, 6.45) is 4.66. The first kappa shape index (κ1) is 22.8. The molecule has 3 aromatic rings. The predicted octanol–water partition coefficient (Wildman–Crippen LogP) is 5.13. The molecule has 10 heteroatoms. The van der Waals surface area contributed by atoms with Crippen LogP contribution in [0.4, 0.5) is 28.1 Å². The van der Waals surface area contributed by atoms with E-state index in [1.165, 1.54) is 5.56 Å². The fraction of sp³-hybridized carbons (Fsp3) is 0.391. The number of anilines is 4. The number of likely N-dealkylation sites (tertiary alicyclic amines) is 1. The van der Waals surface area contributed by atoms with Gasteiger partial charge in [0.15, 0.2) is 11.6 Å². The number of benzene rings is 1. The number of carbonyl (C=O) groups is 1. The third-order valence-electron chi connectivity index (χ3n) is 5.89. The van der Waals surface area contributed by atoms with Gasteiger partial charge in [-0.25, -0.2) is 9.78 Å². The van der Waals surface area contributed by atoms with Gasteiger partial charge in [-0.2, -0.15) is 10.1 Å². The van der Waals surface area contributed by atoms with E-state index in [9.17, 15) is 4.79 Å². The molecule has 1 saturated heterocycles. The van der Waals surface area contributed by atoms with E-state index in [4.69, 9.17) is 11.6 Å². The van der Waals surface area contributed by atoms with Crippen LogP contribution in [0, 0.1) is 20.8 Å². The smallest absolute Gasteiger partial charge is 0.317 e. The Morgan fingerprint density at radius 2 is 1.97 bits per heavy atom. The summed E-state index contributed by atoms with van der Waals surface area (Å²) < 4.78 is 0. The molecule has 9 nitrogen and oxygen atoms in total. The van der Waals surface area contributed by atoms with E-state index in [1.54, 1.807) is 13.2 Å². The van der Waals surface area contributed by atoms with Crippen molar-refractivity contribution in [3.8, 4) is 0 Å². The van der Waals surface area contributed by atoms with E-state index in [0.717, 1.165) is 48.3 Å². The third kappa shape index (κ3) is 5.03. The topological polar surface area (TPSA) is 111 Å². The highest BCUT2D eigenvalue weighted by Gasteiger charge is 2.28. The number of aromatic amines is 1. The van der Waals surface area contributed by atoms with Crippen LogP contribution in [-0.2, 0) is 0 Å². The second-order valence-electron chi connectivity index (χ2n) is 8.36. The van der Waals surface area contributed by atoms with E-state index in [-0.39, 0.29) is 12.1 Å². The summed E-state index contributed by atoms with van der Waals surface area (Å²) in [6.45, 7) is 6.81. The molecule has 0 radical (unpaired) electrons.